The molecule has 1 aliphatic rings. The summed E-state index contributed by atoms with van der Waals surface area (Å²) in [6, 6.07) is 11.9. The number of halogens is 1. The maximum Gasteiger partial charge on any atom is 0.238 e. The van der Waals surface area contributed by atoms with E-state index in [1.165, 1.54) is 0 Å². The predicted octanol–water partition coefficient (Wildman–Crippen LogP) is 4.93. The first-order chi connectivity index (χ1) is 15.6. The smallest absolute Gasteiger partial charge is 0.238 e. The Bertz CT molecular complexity index is 1290. The maximum absolute atomic E-state index is 6.46. The molecular weight excluding hydrogens is 424 g/mol. The molecule has 1 aromatic carbocycles. The highest BCUT2D eigenvalue weighted by atomic mass is 35.5. The highest BCUT2D eigenvalue weighted by molar-refractivity contribution is 6.31. The molecule has 3 aromatic heterocycles. The Hall–Kier alpha value is -3.45. The molecule has 4 aromatic rings. The maximum atomic E-state index is 6.46. The molecule has 0 aliphatic carbocycles. The fourth-order valence-electron chi connectivity index (χ4n) is 4.09. The van der Waals surface area contributed by atoms with Crippen molar-refractivity contribution in [3.05, 3.63) is 82.5 Å². The van der Waals surface area contributed by atoms with Crippen LogP contribution in [0.5, 0.6) is 5.88 Å². The van der Waals surface area contributed by atoms with Crippen LogP contribution in [0.1, 0.15) is 47.4 Å². The molecule has 32 heavy (non-hydrogen) atoms. The van der Waals surface area contributed by atoms with Gasteiger partial charge in [-0.15, -0.1) is 0 Å². The minimum atomic E-state index is 0.156. The Morgan fingerprint density at radius 3 is 2.78 bits per heavy atom. The van der Waals surface area contributed by atoms with E-state index in [2.05, 4.69) is 21.1 Å². The fourth-order valence-corrected chi connectivity index (χ4v) is 4.36. The summed E-state index contributed by atoms with van der Waals surface area (Å²) >= 11 is 6.46. The lowest BCUT2D eigenvalue weighted by Gasteiger charge is -2.23. The molecule has 4 heterocycles. The lowest BCUT2D eigenvalue weighted by molar-refractivity contribution is 0.395. The molecule has 0 saturated heterocycles. The van der Waals surface area contributed by atoms with Gasteiger partial charge in [0, 0.05) is 23.7 Å². The molecule has 0 fully saturated rings. The van der Waals surface area contributed by atoms with Crippen molar-refractivity contribution in [2.75, 3.05) is 7.11 Å². The van der Waals surface area contributed by atoms with Gasteiger partial charge in [0.05, 0.1) is 24.8 Å². The van der Waals surface area contributed by atoms with Crippen LogP contribution in [-0.4, -0.2) is 36.4 Å². The van der Waals surface area contributed by atoms with Gasteiger partial charge in [0.2, 0.25) is 5.88 Å². The Kier molecular flexibility index (Phi) is 5.49. The highest BCUT2D eigenvalue weighted by Crippen LogP contribution is 2.35. The number of fused-ring (bicyclic) bond motifs is 1. The summed E-state index contributed by atoms with van der Waals surface area (Å²) in [6.45, 7) is 2.81. The van der Waals surface area contributed by atoms with Gasteiger partial charge >= 0.3 is 0 Å². The number of ether oxygens (including phenoxy) is 1. The summed E-state index contributed by atoms with van der Waals surface area (Å²) in [5.74, 6) is 2.30. The molecule has 162 valence electrons. The number of aryl methyl sites for hydroxylation is 2. The molecule has 1 atom stereocenters. The molecule has 0 N–H and O–H groups in total. The van der Waals surface area contributed by atoms with Gasteiger partial charge in [-0.25, -0.2) is 19.6 Å². The van der Waals surface area contributed by atoms with Gasteiger partial charge in [0.25, 0.3) is 0 Å². The number of hydrogen-bond donors (Lipinski definition) is 0. The van der Waals surface area contributed by atoms with Gasteiger partial charge in [0.15, 0.2) is 5.82 Å². The summed E-state index contributed by atoms with van der Waals surface area (Å²) in [6.07, 6.45) is 9.53. The van der Waals surface area contributed by atoms with E-state index in [1.54, 1.807) is 13.4 Å². The number of hydrogen-bond acceptors (Lipinski definition) is 5. The molecule has 0 amide bonds. The van der Waals surface area contributed by atoms with Gasteiger partial charge in [-0.3, -0.25) is 0 Å². The summed E-state index contributed by atoms with van der Waals surface area (Å²) in [5.41, 5.74) is 3.64. The average molecular weight is 447 g/mol. The van der Waals surface area contributed by atoms with Gasteiger partial charge in [-0.2, -0.15) is 5.10 Å². The second-order valence-electron chi connectivity index (χ2n) is 7.79. The molecule has 0 saturated carbocycles. The summed E-state index contributed by atoms with van der Waals surface area (Å²) in [5, 5.41) is 5.46. The number of aromatic nitrogens is 6. The first-order valence-corrected chi connectivity index (χ1v) is 10.9. The van der Waals surface area contributed by atoms with E-state index in [1.807, 2.05) is 64.9 Å². The third kappa shape index (κ3) is 3.91. The minimum Gasteiger partial charge on any atom is -0.479 e. The number of pyridine rings is 1. The van der Waals surface area contributed by atoms with Crippen molar-refractivity contribution in [1.29, 1.82) is 0 Å². The molecule has 7 nitrogen and oxygen atoms in total. The zero-order valence-electron chi connectivity index (χ0n) is 17.9. The third-order valence-corrected chi connectivity index (χ3v) is 5.96. The van der Waals surface area contributed by atoms with Crippen LogP contribution in [0, 0.1) is 6.92 Å². The van der Waals surface area contributed by atoms with E-state index < -0.39 is 0 Å². The lowest BCUT2D eigenvalue weighted by atomic mass is 9.91. The SMILES string of the molecule is COc1nc(/C=C/c2nc3n(n2)CCC[C@H]3c2ccccc2Cl)ccc1-n1cnc(C)c1. The molecule has 0 bridgehead atoms. The van der Waals surface area contributed by atoms with Crippen LogP contribution in [-0.2, 0) is 6.54 Å². The Morgan fingerprint density at radius 2 is 2.00 bits per heavy atom. The number of benzene rings is 1. The highest BCUT2D eigenvalue weighted by Gasteiger charge is 2.26. The standard InChI is InChI=1S/C24H23ClN6O/c1-16-14-30(15-26-16)21-11-9-17(27-24(21)32-2)10-12-22-28-23-19(7-5-13-31(23)29-22)18-6-3-4-8-20(18)25/h3-4,6,8-12,14-15,19H,5,7,13H2,1-2H3/b12-10+/t19-/m0/s1. The van der Waals surface area contributed by atoms with Crippen molar-refractivity contribution in [2.45, 2.75) is 32.2 Å². The lowest BCUT2D eigenvalue weighted by Crippen LogP contribution is -2.18. The molecular formula is C24H23ClN6O. The molecule has 0 spiro atoms. The largest absolute Gasteiger partial charge is 0.479 e. The van der Waals surface area contributed by atoms with Crippen LogP contribution in [0.2, 0.25) is 5.02 Å². The van der Waals surface area contributed by atoms with Crippen LogP contribution in [0.3, 0.4) is 0 Å². The van der Waals surface area contributed by atoms with Gasteiger partial charge in [0.1, 0.15) is 11.5 Å². The zero-order chi connectivity index (χ0) is 22.1. The summed E-state index contributed by atoms with van der Waals surface area (Å²) in [7, 11) is 1.61. The van der Waals surface area contributed by atoms with E-state index in [0.717, 1.165) is 52.9 Å². The van der Waals surface area contributed by atoms with E-state index in [0.29, 0.717) is 11.7 Å². The van der Waals surface area contributed by atoms with Gasteiger partial charge < -0.3 is 9.30 Å². The normalized spacial score (nSPS) is 15.8. The fraction of sp³-hybridized carbons (Fsp3) is 0.250. The topological polar surface area (TPSA) is 70.7 Å². The van der Waals surface area contributed by atoms with E-state index in [-0.39, 0.29) is 5.92 Å². The van der Waals surface area contributed by atoms with Crippen LogP contribution >= 0.6 is 11.6 Å². The molecule has 0 radical (unpaired) electrons. The number of rotatable bonds is 5. The average Bonchev–Trinajstić information content (AvgIpc) is 3.43. The molecule has 0 unspecified atom stereocenters. The van der Waals surface area contributed by atoms with Crippen molar-refractivity contribution in [2.24, 2.45) is 0 Å². The number of nitrogens with zero attached hydrogens (tertiary/aromatic N) is 6. The Balaban J connectivity index is 1.42. The van der Waals surface area contributed by atoms with Crippen molar-refractivity contribution >= 4 is 23.8 Å². The van der Waals surface area contributed by atoms with Crippen molar-refractivity contribution in [1.82, 2.24) is 29.3 Å². The predicted molar refractivity (Wildman–Crippen MR) is 124 cm³/mol. The minimum absolute atomic E-state index is 0.156. The molecule has 5 rings (SSSR count). The number of methoxy groups -OCH3 is 1. The van der Waals surface area contributed by atoms with Gasteiger partial charge in [-0.05, 0) is 55.7 Å². The molecule has 1 aliphatic heterocycles. The monoisotopic (exact) mass is 446 g/mol. The Morgan fingerprint density at radius 1 is 1.12 bits per heavy atom. The van der Waals surface area contributed by atoms with Crippen LogP contribution in [0.15, 0.2) is 48.9 Å². The Labute approximate surface area is 191 Å². The second-order valence-corrected chi connectivity index (χ2v) is 8.20. The van der Waals surface area contributed by atoms with Crippen molar-refractivity contribution in [3.8, 4) is 11.6 Å². The summed E-state index contributed by atoms with van der Waals surface area (Å²) < 4.78 is 9.39. The quantitative estimate of drug-likeness (QED) is 0.435. The summed E-state index contributed by atoms with van der Waals surface area (Å²) in [4.78, 5) is 13.7. The first kappa shape index (κ1) is 20.5. The van der Waals surface area contributed by atoms with Gasteiger partial charge in [-0.1, -0.05) is 29.8 Å². The second kappa shape index (κ2) is 8.59. The van der Waals surface area contributed by atoms with Crippen LogP contribution in [0.4, 0.5) is 0 Å². The number of imidazole rings is 1. The zero-order valence-corrected chi connectivity index (χ0v) is 18.7. The van der Waals surface area contributed by atoms with E-state index in [4.69, 9.17) is 21.3 Å². The van der Waals surface area contributed by atoms with Crippen molar-refractivity contribution < 1.29 is 4.74 Å². The van der Waals surface area contributed by atoms with E-state index >= 15 is 0 Å². The van der Waals surface area contributed by atoms with Crippen LogP contribution in [0.25, 0.3) is 17.8 Å². The van der Waals surface area contributed by atoms with E-state index in [9.17, 15) is 0 Å². The molecule has 8 heteroatoms. The first-order valence-electron chi connectivity index (χ1n) is 10.6. The third-order valence-electron chi connectivity index (χ3n) is 5.62. The van der Waals surface area contributed by atoms with Crippen molar-refractivity contribution in [3.63, 3.8) is 0 Å². The van der Waals surface area contributed by atoms with Crippen LogP contribution < -0.4 is 4.74 Å².